The van der Waals surface area contributed by atoms with Crippen molar-refractivity contribution in [1.29, 1.82) is 0 Å². The van der Waals surface area contributed by atoms with Crippen molar-refractivity contribution in [3.63, 3.8) is 0 Å². The van der Waals surface area contributed by atoms with Crippen molar-refractivity contribution < 1.29 is 0 Å². The van der Waals surface area contributed by atoms with Gasteiger partial charge in [-0.15, -0.1) is 0 Å². The number of hydrogen-bond acceptors (Lipinski definition) is 0. The van der Waals surface area contributed by atoms with Crippen molar-refractivity contribution >= 4 is 34.7 Å². The average Bonchev–Trinajstić information content (AvgIpc) is 2.23. The van der Waals surface area contributed by atoms with Crippen LogP contribution in [-0.2, 0) is 0 Å². The molecule has 0 bridgehead atoms. The Labute approximate surface area is 151 Å². The van der Waals surface area contributed by atoms with Crippen molar-refractivity contribution in [3.05, 3.63) is 31.9 Å². The van der Waals surface area contributed by atoms with Gasteiger partial charge in [0.25, 0.3) is 0 Å². The monoisotopic (exact) mass is 318 g/mol. The van der Waals surface area contributed by atoms with Crippen LogP contribution in [0.5, 0.6) is 0 Å². The van der Waals surface area contributed by atoms with E-state index in [1.54, 1.807) is 84.6 Å². The molecule has 0 heterocycles. The van der Waals surface area contributed by atoms with E-state index in [4.69, 9.17) is 0 Å². The summed E-state index contributed by atoms with van der Waals surface area (Å²) in [4.78, 5) is 0. The molecule has 0 aromatic heterocycles. The first-order valence-corrected chi connectivity index (χ1v) is 5.37. The van der Waals surface area contributed by atoms with Crippen LogP contribution in [0.15, 0.2) is 0 Å². The maximum atomic E-state index is 3.50. The predicted octanol–water partition coefficient (Wildman–Crippen LogP) is 2.96. The Morgan fingerprint density at radius 3 is 0.250 bits per heavy atom. The van der Waals surface area contributed by atoms with Crippen LogP contribution in [0.4, 0.5) is 0 Å². The van der Waals surface area contributed by atoms with Crippen molar-refractivity contribution in [2.75, 3.05) is 84.6 Å². The van der Waals surface area contributed by atoms with Crippen molar-refractivity contribution in [1.82, 2.24) is 0 Å². The fraction of sp³-hybridized carbons (Fsp3) is 1.00. The summed E-state index contributed by atoms with van der Waals surface area (Å²) in [5.41, 5.74) is 0. The SMILES string of the molecule is C[N-]C.C[N-]C.C[N-]C.C[N-]C.C[N-]C.C[N-]C.[Al+3].[Al+3]. The van der Waals surface area contributed by atoms with Gasteiger partial charge in [0.05, 0.1) is 0 Å². The molecule has 0 aromatic rings. The molecule has 0 radical (unpaired) electrons. The molecule has 0 fully saturated rings. The molecule has 120 valence electrons. The van der Waals surface area contributed by atoms with Gasteiger partial charge in [-0.05, 0) is 0 Å². The molecular formula is C12H36Al2N6. The number of hydrogen-bond donors (Lipinski definition) is 0. The quantitative estimate of drug-likeness (QED) is 0.615. The fourth-order valence-corrected chi connectivity index (χ4v) is 0. The van der Waals surface area contributed by atoms with Gasteiger partial charge in [-0.2, -0.15) is 84.6 Å². The van der Waals surface area contributed by atoms with Gasteiger partial charge in [-0.25, -0.2) is 0 Å². The Hall–Kier alpha value is 0.825. The van der Waals surface area contributed by atoms with E-state index in [1.807, 2.05) is 0 Å². The summed E-state index contributed by atoms with van der Waals surface area (Å²) in [6.45, 7) is 0. The molecule has 0 rings (SSSR count). The number of rotatable bonds is 0. The van der Waals surface area contributed by atoms with Crippen molar-refractivity contribution in [2.45, 2.75) is 0 Å². The molecule has 0 saturated heterocycles. The van der Waals surface area contributed by atoms with Gasteiger partial charge in [0.15, 0.2) is 0 Å². The summed E-state index contributed by atoms with van der Waals surface area (Å²) in [6, 6.07) is 0. The van der Waals surface area contributed by atoms with E-state index in [2.05, 4.69) is 31.9 Å². The van der Waals surface area contributed by atoms with Crippen LogP contribution in [-0.4, -0.2) is 119 Å². The summed E-state index contributed by atoms with van der Waals surface area (Å²) in [5, 5.41) is 21.0. The van der Waals surface area contributed by atoms with Crippen LogP contribution >= 0.6 is 0 Å². The van der Waals surface area contributed by atoms with Gasteiger partial charge in [-0.3, -0.25) is 0 Å². The molecule has 20 heavy (non-hydrogen) atoms. The minimum absolute atomic E-state index is 0. The van der Waals surface area contributed by atoms with Gasteiger partial charge in [0.1, 0.15) is 0 Å². The summed E-state index contributed by atoms with van der Waals surface area (Å²) >= 11 is 0. The Morgan fingerprint density at radius 1 is 0.250 bits per heavy atom. The number of nitrogens with zero attached hydrogens (tertiary/aromatic N) is 6. The molecule has 0 aliphatic carbocycles. The summed E-state index contributed by atoms with van der Waals surface area (Å²) < 4.78 is 0. The van der Waals surface area contributed by atoms with Crippen LogP contribution in [0.25, 0.3) is 31.9 Å². The van der Waals surface area contributed by atoms with Gasteiger partial charge in [-0.1, -0.05) is 0 Å². The standard InChI is InChI=1S/6C2H6N.2Al/c6*1-3-2;;/h6*1-2H3;;/q6*-1;2*+3. The molecule has 0 amide bonds. The molecule has 8 heteroatoms. The van der Waals surface area contributed by atoms with Gasteiger partial charge in [0.2, 0.25) is 0 Å². The van der Waals surface area contributed by atoms with Crippen LogP contribution in [0, 0.1) is 0 Å². The Balaban J connectivity index is -0.0000000141. The van der Waals surface area contributed by atoms with Gasteiger partial charge < -0.3 is 31.9 Å². The van der Waals surface area contributed by atoms with E-state index < -0.39 is 0 Å². The first kappa shape index (κ1) is 49.8. The maximum Gasteiger partial charge on any atom is 3.00 e. The zero-order valence-electron chi connectivity index (χ0n) is 15.8. The Bertz CT molecular complexity index is 41.4. The second kappa shape index (κ2) is 151. The van der Waals surface area contributed by atoms with E-state index in [9.17, 15) is 0 Å². The molecule has 6 nitrogen and oxygen atoms in total. The van der Waals surface area contributed by atoms with Crippen LogP contribution < -0.4 is 0 Å². The van der Waals surface area contributed by atoms with E-state index in [0.29, 0.717) is 0 Å². The molecule has 0 spiro atoms. The van der Waals surface area contributed by atoms with Crippen molar-refractivity contribution in [3.8, 4) is 0 Å². The predicted molar refractivity (Wildman–Crippen MR) is 103 cm³/mol. The average molecular weight is 318 g/mol. The summed E-state index contributed by atoms with van der Waals surface area (Å²) in [6.07, 6.45) is 0. The van der Waals surface area contributed by atoms with E-state index in [-0.39, 0.29) is 34.7 Å². The molecule has 0 aliphatic rings. The van der Waals surface area contributed by atoms with E-state index in [1.165, 1.54) is 0 Å². The second-order valence-corrected chi connectivity index (χ2v) is 2.68. The third-order valence-corrected chi connectivity index (χ3v) is 0. The summed E-state index contributed by atoms with van der Waals surface area (Å²) in [7, 11) is 21.0. The third kappa shape index (κ3) is 8790. The second-order valence-electron chi connectivity index (χ2n) is 2.68. The first-order valence-electron chi connectivity index (χ1n) is 5.37. The maximum absolute atomic E-state index is 3.50. The molecule has 0 atom stereocenters. The third-order valence-electron chi connectivity index (χ3n) is 0. The molecule has 0 aromatic carbocycles. The topological polar surface area (TPSA) is 84.6 Å². The molecular weight excluding hydrogens is 282 g/mol. The van der Waals surface area contributed by atoms with Crippen LogP contribution in [0.1, 0.15) is 0 Å². The fourth-order valence-electron chi connectivity index (χ4n) is 0. The Morgan fingerprint density at radius 2 is 0.250 bits per heavy atom. The minimum atomic E-state index is 0. The van der Waals surface area contributed by atoms with Crippen molar-refractivity contribution in [2.24, 2.45) is 0 Å². The molecule has 0 aliphatic heterocycles. The smallest absolute Gasteiger partial charge is 0.668 e. The first-order chi connectivity index (χ1) is 8.49. The zero-order chi connectivity index (χ0) is 16.2. The van der Waals surface area contributed by atoms with Gasteiger partial charge in [0, 0.05) is 0 Å². The Kier molecular flexibility index (Phi) is 375. The van der Waals surface area contributed by atoms with Crippen LogP contribution in [0.3, 0.4) is 0 Å². The zero-order valence-corrected chi connectivity index (χ0v) is 18.1. The van der Waals surface area contributed by atoms with Crippen LogP contribution in [0.2, 0.25) is 0 Å². The summed E-state index contributed by atoms with van der Waals surface area (Å²) in [5.74, 6) is 0. The van der Waals surface area contributed by atoms with Gasteiger partial charge >= 0.3 is 34.7 Å². The van der Waals surface area contributed by atoms with E-state index >= 15 is 0 Å². The molecule has 0 N–H and O–H groups in total. The molecule has 0 saturated carbocycles. The largest absolute Gasteiger partial charge is 3.00 e. The van der Waals surface area contributed by atoms with E-state index in [0.717, 1.165) is 0 Å². The normalized spacial score (nSPS) is 5.40. The minimum Gasteiger partial charge on any atom is -0.668 e. The molecule has 0 unspecified atom stereocenters.